The Bertz CT molecular complexity index is 946. The third-order valence-electron chi connectivity index (χ3n) is 4.84. The summed E-state index contributed by atoms with van der Waals surface area (Å²) >= 11 is 6.29. The molecule has 1 saturated heterocycles. The highest BCUT2D eigenvalue weighted by Gasteiger charge is 2.24. The normalized spacial score (nSPS) is 14.3. The molecule has 0 spiro atoms. The van der Waals surface area contributed by atoms with Gasteiger partial charge in [0.25, 0.3) is 5.91 Å². The van der Waals surface area contributed by atoms with E-state index in [4.69, 9.17) is 21.1 Å². The summed E-state index contributed by atoms with van der Waals surface area (Å²) in [7, 11) is 3.03. The lowest BCUT2D eigenvalue weighted by molar-refractivity contribution is -0.126. The van der Waals surface area contributed by atoms with Crippen molar-refractivity contribution in [1.29, 1.82) is 5.26 Å². The molecule has 0 aliphatic carbocycles. The number of hydrogen-bond acceptors (Lipinski definition) is 5. The van der Waals surface area contributed by atoms with Gasteiger partial charge in [-0.3, -0.25) is 4.79 Å². The summed E-state index contributed by atoms with van der Waals surface area (Å²) in [4.78, 5) is 16.8. The van der Waals surface area contributed by atoms with E-state index in [0.717, 1.165) is 5.69 Å². The number of para-hydroxylation sites is 1. The summed E-state index contributed by atoms with van der Waals surface area (Å²) < 4.78 is 10.5. The molecule has 0 N–H and O–H groups in total. The van der Waals surface area contributed by atoms with Crippen molar-refractivity contribution in [2.24, 2.45) is 0 Å². The fraction of sp³-hybridized carbons (Fsp3) is 0.273. The zero-order valence-electron chi connectivity index (χ0n) is 16.4. The lowest BCUT2D eigenvalue weighted by Crippen LogP contribution is -2.49. The van der Waals surface area contributed by atoms with E-state index in [0.29, 0.717) is 48.3 Å². The molecule has 0 aromatic heterocycles. The quantitative estimate of drug-likeness (QED) is 0.555. The van der Waals surface area contributed by atoms with Crippen molar-refractivity contribution in [2.45, 2.75) is 0 Å². The number of ether oxygens (including phenoxy) is 2. The van der Waals surface area contributed by atoms with Crippen molar-refractivity contribution >= 4 is 29.3 Å². The van der Waals surface area contributed by atoms with Gasteiger partial charge in [0.15, 0.2) is 11.5 Å². The minimum atomic E-state index is -0.300. The van der Waals surface area contributed by atoms with Crippen molar-refractivity contribution in [3.8, 4) is 17.6 Å². The summed E-state index contributed by atoms with van der Waals surface area (Å²) in [5.74, 6) is 0.659. The minimum Gasteiger partial charge on any atom is -0.493 e. The van der Waals surface area contributed by atoms with E-state index in [1.807, 2.05) is 24.3 Å². The van der Waals surface area contributed by atoms with E-state index in [1.54, 1.807) is 17.0 Å². The van der Waals surface area contributed by atoms with Crippen LogP contribution in [0.3, 0.4) is 0 Å². The summed E-state index contributed by atoms with van der Waals surface area (Å²) in [6.45, 7) is 2.52. The van der Waals surface area contributed by atoms with Gasteiger partial charge < -0.3 is 19.3 Å². The van der Waals surface area contributed by atoms with E-state index in [9.17, 15) is 10.1 Å². The van der Waals surface area contributed by atoms with Gasteiger partial charge in [-0.2, -0.15) is 5.26 Å². The van der Waals surface area contributed by atoms with Crippen LogP contribution in [-0.4, -0.2) is 51.2 Å². The van der Waals surface area contributed by atoms with Crippen molar-refractivity contribution in [3.05, 3.63) is 58.6 Å². The average Bonchev–Trinajstić information content (AvgIpc) is 2.78. The van der Waals surface area contributed by atoms with Crippen LogP contribution in [-0.2, 0) is 4.79 Å². The zero-order chi connectivity index (χ0) is 20.8. The molecule has 1 aliphatic heterocycles. The zero-order valence-corrected chi connectivity index (χ0v) is 17.1. The van der Waals surface area contributed by atoms with Crippen LogP contribution in [0.2, 0.25) is 5.02 Å². The Labute approximate surface area is 175 Å². The summed E-state index contributed by atoms with van der Waals surface area (Å²) in [6, 6.07) is 15.3. The SMILES string of the molecule is COc1cc(Cl)c(/C=C(/C#N)C(=O)N2CCN(c3ccccc3)CC2)cc1OC. The molecular formula is C22H22ClN3O3. The molecule has 0 saturated carbocycles. The number of hydrogen-bond donors (Lipinski definition) is 0. The standard InChI is InChI=1S/C22H22ClN3O3/c1-28-20-13-16(19(23)14-21(20)29-2)12-17(15-24)22(27)26-10-8-25(9-11-26)18-6-4-3-5-7-18/h3-7,12-14H,8-11H2,1-2H3/b17-12-. The predicted octanol–water partition coefficient (Wildman–Crippen LogP) is 3.61. The Balaban J connectivity index is 1.75. The topological polar surface area (TPSA) is 65.8 Å². The largest absolute Gasteiger partial charge is 0.493 e. The van der Waals surface area contributed by atoms with Crippen molar-refractivity contribution in [1.82, 2.24) is 4.90 Å². The molecular weight excluding hydrogens is 390 g/mol. The molecule has 1 fully saturated rings. The molecule has 0 bridgehead atoms. The van der Waals surface area contributed by atoms with Crippen molar-refractivity contribution < 1.29 is 14.3 Å². The average molecular weight is 412 g/mol. The first-order valence-corrected chi connectivity index (χ1v) is 9.57. The number of nitriles is 1. The lowest BCUT2D eigenvalue weighted by Gasteiger charge is -2.36. The summed E-state index contributed by atoms with van der Waals surface area (Å²) in [6.07, 6.45) is 1.50. The van der Waals surface area contributed by atoms with Gasteiger partial charge in [0.2, 0.25) is 0 Å². The van der Waals surface area contributed by atoms with Crippen molar-refractivity contribution in [2.75, 3.05) is 45.3 Å². The van der Waals surface area contributed by atoms with Crippen LogP contribution in [0.4, 0.5) is 5.69 Å². The number of piperazine rings is 1. The highest BCUT2D eigenvalue weighted by molar-refractivity contribution is 6.32. The second-order valence-corrected chi connectivity index (χ2v) is 6.92. The van der Waals surface area contributed by atoms with E-state index >= 15 is 0 Å². The van der Waals surface area contributed by atoms with Crippen LogP contribution in [0.25, 0.3) is 6.08 Å². The third kappa shape index (κ3) is 4.64. The van der Waals surface area contributed by atoms with Gasteiger partial charge in [0.05, 0.1) is 19.2 Å². The number of nitrogens with zero attached hydrogens (tertiary/aromatic N) is 3. The van der Waals surface area contributed by atoms with Gasteiger partial charge >= 0.3 is 0 Å². The molecule has 6 nitrogen and oxygen atoms in total. The van der Waals surface area contributed by atoms with Crippen LogP contribution in [0.1, 0.15) is 5.56 Å². The maximum Gasteiger partial charge on any atom is 0.264 e. The number of rotatable bonds is 5. The molecule has 1 heterocycles. The Morgan fingerprint density at radius 2 is 1.69 bits per heavy atom. The first kappa shape index (κ1) is 20.6. The highest BCUT2D eigenvalue weighted by Crippen LogP contribution is 2.34. The number of benzene rings is 2. The van der Waals surface area contributed by atoms with Crippen molar-refractivity contribution in [3.63, 3.8) is 0 Å². The highest BCUT2D eigenvalue weighted by atomic mass is 35.5. The second kappa shape index (κ2) is 9.35. The summed E-state index contributed by atoms with van der Waals surface area (Å²) in [5, 5.41) is 9.93. The van der Waals surface area contributed by atoms with Crippen LogP contribution in [0.15, 0.2) is 48.0 Å². The molecule has 2 aromatic carbocycles. The number of carbonyl (C=O) groups excluding carboxylic acids is 1. The maximum absolute atomic E-state index is 12.9. The Morgan fingerprint density at radius 1 is 1.07 bits per heavy atom. The maximum atomic E-state index is 12.9. The Kier molecular flexibility index (Phi) is 6.63. The van der Waals surface area contributed by atoms with Gasteiger partial charge in [-0.15, -0.1) is 0 Å². The lowest BCUT2D eigenvalue weighted by atomic mass is 10.1. The molecule has 2 aromatic rings. The second-order valence-electron chi connectivity index (χ2n) is 6.51. The van der Waals surface area contributed by atoms with Gasteiger partial charge in [-0.1, -0.05) is 29.8 Å². The molecule has 0 radical (unpaired) electrons. The molecule has 3 rings (SSSR count). The van der Waals surface area contributed by atoms with E-state index in [1.165, 1.54) is 20.3 Å². The Hall–Kier alpha value is -3.17. The van der Waals surface area contributed by atoms with Crippen LogP contribution >= 0.6 is 11.6 Å². The van der Waals surface area contributed by atoms with Gasteiger partial charge in [-0.05, 0) is 29.8 Å². The van der Waals surface area contributed by atoms with Gasteiger partial charge in [-0.25, -0.2) is 0 Å². The summed E-state index contributed by atoms with van der Waals surface area (Å²) in [5.41, 5.74) is 1.69. The third-order valence-corrected chi connectivity index (χ3v) is 5.17. The molecule has 150 valence electrons. The molecule has 1 amide bonds. The van der Waals surface area contributed by atoms with Crippen LogP contribution in [0.5, 0.6) is 11.5 Å². The molecule has 29 heavy (non-hydrogen) atoms. The number of amides is 1. The molecule has 1 aliphatic rings. The number of halogens is 1. The van der Waals surface area contributed by atoms with Gasteiger partial charge in [0.1, 0.15) is 11.6 Å². The van der Waals surface area contributed by atoms with E-state index in [2.05, 4.69) is 17.0 Å². The first-order chi connectivity index (χ1) is 14.1. The molecule has 0 atom stereocenters. The fourth-order valence-corrected chi connectivity index (χ4v) is 3.46. The number of anilines is 1. The molecule has 7 heteroatoms. The number of methoxy groups -OCH3 is 2. The Morgan fingerprint density at radius 3 is 2.28 bits per heavy atom. The van der Waals surface area contributed by atoms with Crippen LogP contribution in [0, 0.1) is 11.3 Å². The van der Waals surface area contributed by atoms with E-state index < -0.39 is 0 Å². The van der Waals surface area contributed by atoms with Crippen LogP contribution < -0.4 is 14.4 Å². The monoisotopic (exact) mass is 411 g/mol. The van der Waals surface area contributed by atoms with E-state index in [-0.39, 0.29) is 11.5 Å². The first-order valence-electron chi connectivity index (χ1n) is 9.20. The minimum absolute atomic E-state index is 0.0345. The predicted molar refractivity (Wildman–Crippen MR) is 113 cm³/mol. The molecule has 0 unspecified atom stereocenters. The smallest absolute Gasteiger partial charge is 0.264 e. The van der Waals surface area contributed by atoms with Gasteiger partial charge in [0, 0.05) is 37.9 Å². The number of carbonyl (C=O) groups is 1. The fourth-order valence-electron chi connectivity index (χ4n) is 3.25.